The minimum absolute atomic E-state index is 0.219. The van der Waals surface area contributed by atoms with Crippen molar-refractivity contribution < 1.29 is 4.74 Å². The van der Waals surface area contributed by atoms with Gasteiger partial charge in [0.1, 0.15) is 0 Å². The Morgan fingerprint density at radius 3 is 1.60 bits per heavy atom. The maximum absolute atomic E-state index is 4.84. The normalized spacial score (nSPS) is 8.40. The number of ether oxygens (including phenoxy) is 1. The molecule has 3 nitrogen and oxygen atoms in total. The third-order valence-corrected chi connectivity index (χ3v) is 0.236. The molecular formula is C2H8N2O. The zero-order valence-corrected chi connectivity index (χ0v) is 2.98. The second-order valence-corrected chi connectivity index (χ2v) is 0.537. The Kier molecular flexibility index (Phi) is 3.79. The van der Waals surface area contributed by atoms with Gasteiger partial charge >= 0.3 is 0 Å². The van der Waals surface area contributed by atoms with Crippen LogP contribution in [-0.4, -0.2) is 13.5 Å². The van der Waals surface area contributed by atoms with E-state index in [-0.39, 0.29) is 13.5 Å². The van der Waals surface area contributed by atoms with Gasteiger partial charge in [-0.1, -0.05) is 0 Å². The molecular weight excluding hydrogens is 68.0 g/mol. The summed E-state index contributed by atoms with van der Waals surface area (Å²) in [6, 6.07) is 0. The van der Waals surface area contributed by atoms with Crippen molar-refractivity contribution in [1.29, 1.82) is 0 Å². The first-order valence-corrected chi connectivity index (χ1v) is 1.39. The van der Waals surface area contributed by atoms with E-state index >= 15 is 0 Å². The number of rotatable bonds is 2. The molecule has 0 aliphatic rings. The Bertz CT molecular complexity index is 15.1. The first-order valence-electron chi connectivity index (χ1n) is 1.39. The third kappa shape index (κ3) is 3.88. The molecule has 0 aliphatic heterocycles. The van der Waals surface area contributed by atoms with Crippen LogP contribution in [0.1, 0.15) is 0 Å². The van der Waals surface area contributed by atoms with Crippen molar-refractivity contribution in [3.8, 4) is 0 Å². The molecule has 0 saturated carbocycles. The van der Waals surface area contributed by atoms with Gasteiger partial charge in [0.15, 0.2) is 0 Å². The zero-order valence-electron chi connectivity index (χ0n) is 2.98. The molecule has 0 heterocycles. The van der Waals surface area contributed by atoms with Gasteiger partial charge in [-0.3, -0.25) is 0 Å². The smallest absolute Gasteiger partial charge is 0.0958 e. The molecule has 0 saturated heterocycles. The van der Waals surface area contributed by atoms with Gasteiger partial charge in [0.2, 0.25) is 0 Å². The van der Waals surface area contributed by atoms with Crippen LogP contribution in [0, 0.1) is 0 Å². The van der Waals surface area contributed by atoms with E-state index in [1.807, 2.05) is 0 Å². The average Bonchev–Trinajstić information content (AvgIpc) is 1.41. The van der Waals surface area contributed by atoms with Crippen LogP contribution in [0.5, 0.6) is 0 Å². The largest absolute Gasteiger partial charge is 0.352 e. The van der Waals surface area contributed by atoms with E-state index in [4.69, 9.17) is 11.5 Å². The Morgan fingerprint density at radius 2 is 1.60 bits per heavy atom. The van der Waals surface area contributed by atoms with E-state index in [1.165, 1.54) is 0 Å². The molecule has 5 heavy (non-hydrogen) atoms. The zero-order chi connectivity index (χ0) is 4.12. The van der Waals surface area contributed by atoms with Crippen molar-refractivity contribution in [3.05, 3.63) is 0 Å². The fourth-order valence-corrected chi connectivity index (χ4v) is 0.0680. The second-order valence-electron chi connectivity index (χ2n) is 0.537. The molecule has 3 heteroatoms. The van der Waals surface area contributed by atoms with Crippen molar-refractivity contribution >= 4 is 0 Å². The molecule has 0 unspecified atom stereocenters. The lowest BCUT2D eigenvalue weighted by Crippen LogP contribution is -2.10. The highest BCUT2D eigenvalue weighted by Crippen LogP contribution is 1.49. The monoisotopic (exact) mass is 76.1 g/mol. The van der Waals surface area contributed by atoms with Gasteiger partial charge in [-0.05, 0) is 0 Å². The van der Waals surface area contributed by atoms with Gasteiger partial charge in [-0.2, -0.15) is 0 Å². The quantitative estimate of drug-likeness (QED) is 0.408. The third-order valence-electron chi connectivity index (χ3n) is 0.236. The standard InChI is InChI=1S/C2H8N2O/c3-1-5-2-4/h1-4H2. The number of hydrogen-bond donors (Lipinski definition) is 2. The van der Waals surface area contributed by atoms with Crippen LogP contribution < -0.4 is 11.5 Å². The van der Waals surface area contributed by atoms with Crippen LogP contribution in [0.15, 0.2) is 0 Å². The van der Waals surface area contributed by atoms with Gasteiger partial charge in [0.25, 0.3) is 0 Å². The van der Waals surface area contributed by atoms with Gasteiger partial charge in [-0.25, -0.2) is 0 Å². The van der Waals surface area contributed by atoms with Crippen molar-refractivity contribution in [2.45, 2.75) is 0 Å². The van der Waals surface area contributed by atoms with Gasteiger partial charge < -0.3 is 16.2 Å². The Hall–Kier alpha value is -0.120. The second kappa shape index (κ2) is 3.88. The Balaban J connectivity index is 2.19. The average molecular weight is 76.1 g/mol. The highest BCUT2D eigenvalue weighted by atomic mass is 16.5. The summed E-state index contributed by atoms with van der Waals surface area (Å²) >= 11 is 0. The summed E-state index contributed by atoms with van der Waals surface area (Å²) < 4.78 is 4.39. The van der Waals surface area contributed by atoms with Crippen LogP contribution in [0.25, 0.3) is 0 Å². The summed E-state index contributed by atoms with van der Waals surface area (Å²) in [5.74, 6) is 0. The van der Waals surface area contributed by atoms with Crippen LogP contribution >= 0.6 is 0 Å². The van der Waals surface area contributed by atoms with E-state index in [0.29, 0.717) is 0 Å². The summed E-state index contributed by atoms with van der Waals surface area (Å²) in [5.41, 5.74) is 9.67. The number of nitrogens with two attached hydrogens (primary N) is 2. The van der Waals surface area contributed by atoms with Crippen LogP contribution in [0.2, 0.25) is 0 Å². The van der Waals surface area contributed by atoms with Gasteiger partial charge in [-0.15, -0.1) is 0 Å². The predicted octanol–water partition coefficient (Wildman–Crippen LogP) is -1.16. The Morgan fingerprint density at radius 1 is 1.20 bits per heavy atom. The SMILES string of the molecule is NCOCN. The molecule has 32 valence electrons. The van der Waals surface area contributed by atoms with Crippen LogP contribution in [-0.2, 0) is 4.74 Å². The molecule has 0 fully saturated rings. The van der Waals surface area contributed by atoms with Crippen LogP contribution in [0.4, 0.5) is 0 Å². The minimum atomic E-state index is 0.219. The van der Waals surface area contributed by atoms with Crippen molar-refractivity contribution in [1.82, 2.24) is 0 Å². The molecule has 0 aliphatic carbocycles. The molecule has 0 aromatic carbocycles. The van der Waals surface area contributed by atoms with Crippen molar-refractivity contribution in [2.24, 2.45) is 11.5 Å². The summed E-state index contributed by atoms with van der Waals surface area (Å²) in [6.07, 6.45) is 0. The van der Waals surface area contributed by atoms with Gasteiger partial charge in [0, 0.05) is 0 Å². The molecule has 0 amide bonds. The molecule has 0 spiro atoms. The Labute approximate surface area is 30.9 Å². The minimum Gasteiger partial charge on any atom is -0.352 e. The molecule has 0 aromatic rings. The van der Waals surface area contributed by atoms with E-state index < -0.39 is 0 Å². The molecule has 0 atom stereocenters. The first kappa shape index (κ1) is 4.88. The molecule has 0 aromatic heterocycles. The molecule has 4 N–H and O–H groups in total. The maximum atomic E-state index is 4.84. The molecule has 0 rings (SSSR count). The summed E-state index contributed by atoms with van der Waals surface area (Å²) in [7, 11) is 0. The fourth-order valence-electron chi connectivity index (χ4n) is 0.0680. The van der Waals surface area contributed by atoms with E-state index in [9.17, 15) is 0 Å². The summed E-state index contributed by atoms with van der Waals surface area (Å²) in [6.45, 7) is 0.438. The first-order chi connectivity index (χ1) is 2.41. The van der Waals surface area contributed by atoms with Gasteiger partial charge in [0.05, 0.1) is 13.5 Å². The lowest BCUT2D eigenvalue weighted by atomic mass is 11.2. The van der Waals surface area contributed by atoms with E-state index in [0.717, 1.165) is 0 Å². The topological polar surface area (TPSA) is 61.3 Å². The molecule has 0 radical (unpaired) electrons. The fraction of sp³-hybridized carbons (Fsp3) is 1.00. The summed E-state index contributed by atoms with van der Waals surface area (Å²) in [5, 5.41) is 0. The van der Waals surface area contributed by atoms with E-state index in [1.54, 1.807) is 0 Å². The lowest BCUT2D eigenvalue weighted by Gasteiger charge is -1.87. The highest BCUT2D eigenvalue weighted by molar-refractivity contribution is 4.01. The predicted molar refractivity (Wildman–Crippen MR) is 19.2 cm³/mol. The van der Waals surface area contributed by atoms with E-state index in [2.05, 4.69) is 4.74 Å². The number of hydrogen-bond acceptors (Lipinski definition) is 3. The highest BCUT2D eigenvalue weighted by Gasteiger charge is 1.63. The maximum Gasteiger partial charge on any atom is 0.0958 e. The summed E-state index contributed by atoms with van der Waals surface area (Å²) in [4.78, 5) is 0. The van der Waals surface area contributed by atoms with Crippen LogP contribution in [0.3, 0.4) is 0 Å². The lowest BCUT2D eigenvalue weighted by molar-refractivity contribution is 0.148. The van der Waals surface area contributed by atoms with Crippen molar-refractivity contribution in [2.75, 3.05) is 13.5 Å². The molecule has 0 bridgehead atoms. The van der Waals surface area contributed by atoms with Crippen molar-refractivity contribution in [3.63, 3.8) is 0 Å².